The predicted octanol–water partition coefficient (Wildman–Crippen LogP) is 3.14. The van der Waals surface area contributed by atoms with Gasteiger partial charge in [0.25, 0.3) is 0 Å². The molecule has 1 fully saturated rings. The van der Waals surface area contributed by atoms with Gasteiger partial charge in [0.05, 0.1) is 0 Å². The first-order chi connectivity index (χ1) is 13.8. The van der Waals surface area contributed by atoms with Gasteiger partial charge in [0.1, 0.15) is 5.75 Å². The number of rotatable bonds is 8. The molecule has 1 aromatic rings. The summed E-state index contributed by atoms with van der Waals surface area (Å²) >= 11 is 0. The third kappa shape index (κ3) is 9.69. The average Bonchev–Trinajstić information content (AvgIpc) is 2.68. The van der Waals surface area contributed by atoms with Crippen LogP contribution in [0.4, 0.5) is 13.2 Å². The molecule has 1 aliphatic rings. The lowest BCUT2D eigenvalue weighted by Gasteiger charge is -2.35. The first-order valence-corrected chi connectivity index (χ1v) is 10.0. The highest BCUT2D eigenvalue weighted by Gasteiger charge is 2.32. The molecule has 172 valence electrons. The van der Waals surface area contributed by atoms with Gasteiger partial charge >= 0.3 is 6.36 Å². The Labute approximate surface area is 194 Å². The molecule has 6 nitrogen and oxygen atoms in total. The van der Waals surface area contributed by atoms with Crippen LogP contribution in [0.1, 0.15) is 19.4 Å². The summed E-state index contributed by atoms with van der Waals surface area (Å²) in [5.74, 6) is 0.764. The third-order valence-corrected chi connectivity index (χ3v) is 4.97. The lowest BCUT2D eigenvalue weighted by molar-refractivity contribution is -0.274. The van der Waals surface area contributed by atoms with Gasteiger partial charge in [-0.1, -0.05) is 32.0 Å². The molecule has 0 bridgehead atoms. The zero-order chi connectivity index (χ0) is 21.3. The molecular formula is C20H33F3IN5O. The van der Waals surface area contributed by atoms with Crippen LogP contribution in [0.25, 0.3) is 0 Å². The van der Waals surface area contributed by atoms with Crippen molar-refractivity contribution in [1.29, 1.82) is 0 Å². The largest absolute Gasteiger partial charge is 0.573 e. The smallest absolute Gasteiger partial charge is 0.405 e. The van der Waals surface area contributed by atoms with Crippen LogP contribution < -0.4 is 15.4 Å². The average molecular weight is 543 g/mol. The number of benzene rings is 1. The van der Waals surface area contributed by atoms with Crippen molar-refractivity contribution in [2.24, 2.45) is 10.9 Å². The predicted molar refractivity (Wildman–Crippen MR) is 124 cm³/mol. The Morgan fingerprint density at radius 3 is 2.37 bits per heavy atom. The number of hydrogen-bond donors (Lipinski definition) is 2. The van der Waals surface area contributed by atoms with Gasteiger partial charge in [-0.15, -0.1) is 37.1 Å². The summed E-state index contributed by atoms with van der Waals surface area (Å²) in [6, 6.07) is 6.09. The Kier molecular flexibility index (Phi) is 11.8. The maximum Gasteiger partial charge on any atom is 0.573 e. The van der Waals surface area contributed by atoms with Crippen LogP contribution in [-0.2, 0) is 6.54 Å². The van der Waals surface area contributed by atoms with Crippen molar-refractivity contribution in [2.75, 3.05) is 52.9 Å². The number of aliphatic imine (C=N–C) groups is 1. The highest BCUT2D eigenvalue weighted by molar-refractivity contribution is 14.0. The summed E-state index contributed by atoms with van der Waals surface area (Å²) in [6.07, 6.45) is -4.71. The fourth-order valence-corrected chi connectivity index (χ4v) is 3.34. The molecule has 1 aliphatic heterocycles. The van der Waals surface area contributed by atoms with Crippen molar-refractivity contribution >= 4 is 29.9 Å². The van der Waals surface area contributed by atoms with Gasteiger partial charge in [-0.05, 0) is 18.5 Å². The van der Waals surface area contributed by atoms with E-state index in [0.29, 0.717) is 17.4 Å². The Bertz CT molecular complexity index is 652. The van der Waals surface area contributed by atoms with E-state index in [9.17, 15) is 13.2 Å². The molecule has 2 N–H and O–H groups in total. The van der Waals surface area contributed by atoms with Crippen LogP contribution in [0.15, 0.2) is 29.3 Å². The molecular weight excluding hydrogens is 510 g/mol. The summed E-state index contributed by atoms with van der Waals surface area (Å²) in [4.78, 5) is 9.08. The number of hydrogen-bond acceptors (Lipinski definition) is 4. The standard InChI is InChI=1S/C20H32F3N5O.HI/c1-4-27-9-11-28(12-10-27)15-16(2)13-25-19(24-3)26-14-17-7-5-6-8-18(17)29-20(21,22)23;/h5-8,16H,4,9-15H2,1-3H3,(H2,24,25,26);1H. The zero-order valence-electron chi connectivity index (χ0n) is 17.8. The van der Waals surface area contributed by atoms with Gasteiger partial charge in [-0.3, -0.25) is 4.99 Å². The summed E-state index contributed by atoms with van der Waals surface area (Å²) in [5, 5.41) is 6.31. The topological polar surface area (TPSA) is 52.1 Å². The molecule has 0 saturated carbocycles. The normalized spacial score (nSPS) is 17.2. The molecule has 10 heteroatoms. The number of alkyl halides is 3. The Morgan fingerprint density at radius 2 is 1.77 bits per heavy atom. The summed E-state index contributed by atoms with van der Waals surface area (Å²) in [7, 11) is 1.64. The first-order valence-electron chi connectivity index (χ1n) is 10.0. The van der Waals surface area contributed by atoms with E-state index in [1.807, 2.05) is 0 Å². The molecule has 1 aromatic carbocycles. The molecule has 0 spiro atoms. The molecule has 0 aromatic heterocycles. The molecule has 0 radical (unpaired) electrons. The lowest BCUT2D eigenvalue weighted by atomic mass is 10.1. The molecule has 1 unspecified atom stereocenters. The Balaban J connectivity index is 0.00000450. The quantitative estimate of drug-likeness (QED) is 0.300. The maximum absolute atomic E-state index is 12.5. The van der Waals surface area contributed by atoms with E-state index < -0.39 is 6.36 Å². The molecule has 0 amide bonds. The van der Waals surface area contributed by atoms with E-state index in [2.05, 4.69) is 44.0 Å². The van der Waals surface area contributed by atoms with Crippen molar-refractivity contribution in [2.45, 2.75) is 26.8 Å². The van der Waals surface area contributed by atoms with Gasteiger partial charge in [-0.2, -0.15) is 0 Å². The van der Waals surface area contributed by atoms with Gasteiger partial charge in [-0.25, -0.2) is 0 Å². The summed E-state index contributed by atoms with van der Waals surface area (Å²) in [6.45, 7) is 11.8. The number of ether oxygens (including phenoxy) is 1. The van der Waals surface area contributed by atoms with E-state index in [0.717, 1.165) is 45.8 Å². The molecule has 0 aliphatic carbocycles. The van der Waals surface area contributed by atoms with E-state index in [4.69, 9.17) is 0 Å². The Morgan fingerprint density at radius 1 is 1.13 bits per heavy atom. The second-order valence-corrected chi connectivity index (χ2v) is 7.30. The van der Waals surface area contributed by atoms with Gasteiger partial charge in [0, 0.05) is 58.4 Å². The van der Waals surface area contributed by atoms with E-state index in [1.165, 1.54) is 12.1 Å². The van der Waals surface area contributed by atoms with Crippen LogP contribution in [0.3, 0.4) is 0 Å². The highest BCUT2D eigenvalue weighted by atomic mass is 127. The van der Waals surface area contributed by atoms with Gasteiger partial charge < -0.3 is 25.2 Å². The van der Waals surface area contributed by atoms with E-state index in [1.54, 1.807) is 19.2 Å². The van der Waals surface area contributed by atoms with Gasteiger partial charge in [0.2, 0.25) is 0 Å². The number of para-hydroxylation sites is 1. The van der Waals surface area contributed by atoms with Crippen molar-refractivity contribution < 1.29 is 17.9 Å². The molecule has 2 rings (SSSR count). The van der Waals surface area contributed by atoms with Crippen LogP contribution >= 0.6 is 24.0 Å². The second kappa shape index (κ2) is 13.2. The Hall–Kier alpha value is -1.27. The third-order valence-electron chi connectivity index (χ3n) is 4.97. The number of piperazine rings is 1. The van der Waals surface area contributed by atoms with Gasteiger partial charge in [0.15, 0.2) is 5.96 Å². The monoisotopic (exact) mass is 543 g/mol. The van der Waals surface area contributed by atoms with E-state index in [-0.39, 0.29) is 36.3 Å². The number of halogens is 4. The molecule has 1 saturated heterocycles. The number of likely N-dealkylation sites (N-methyl/N-ethyl adjacent to an activating group) is 1. The molecule has 1 atom stereocenters. The minimum Gasteiger partial charge on any atom is -0.405 e. The fraction of sp³-hybridized carbons (Fsp3) is 0.650. The minimum atomic E-state index is -4.71. The van der Waals surface area contributed by atoms with Crippen LogP contribution in [0, 0.1) is 5.92 Å². The number of guanidine groups is 1. The van der Waals surface area contributed by atoms with Crippen molar-refractivity contribution in [3.05, 3.63) is 29.8 Å². The fourth-order valence-electron chi connectivity index (χ4n) is 3.34. The SMILES string of the molecule is CCN1CCN(CC(C)CNC(=NC)NCc2ccccc2OC(F)(F)F)CC1.I. The zero-order valence-corrected chi connectivity index (χ0v) is 20.2. The second-order valence-electron chi connectivity index (χ2n) is 7.30. The van der Waals surface area contributed by atoms with Crippen molar-refractivity contribution in [1.82, 2.24) is 20.4 Å². The van der Waals surface area contributed by atoms with Crippen molar-refractivity contribution in [3.63, 3.8) is 0 Å². The summed E-state index contributed by atoms with van der Waals surface area (Å²) < 4.78 is 41.7. The van der Waals surface area contributed by atoms with Crippen LogP contribution in [-0.4, -0.2) is 75.0 Å². The number of nitrogens with zero attached hydrogens (tertiary/aromatic N) is 3. The minimum absolute atomic E-state index is 0. The highest BCUT2D eigenvalue weighted by Crippen LogP contribution is 2.26. The summed E-state index contributed by atoms with van der Waals surface area (Å²) in [5.41, 5.74) is 0.412. The van der Waals surface area contributed by atoms with E-state index >= 15 is 0 Å². The van der Waals surface area contributed by atoms with Crippen molar-refractivity contribution in [3.8, 4) is 5.75 Å². The molecule has 30 heavy (non-hydrogen) atoms. The van der Waals surface area contributed by atoms with Crippen LogP contribution in [0.2, 0.25) is 0 Å². The first kappa shape index (κ1) is 26.8. The molecule has 1 heterocycles. The maximum atomic E-state index is 12.5. The van der Waals surface area contributed by atoms with Crippen LogP contribution in [0.5, 0.6) is 5.75 Å². The number of nitrogens with one attached hydrogen (secondary N) is 2. The lowest BCUT2D eigenvalue weighted by Crippen LogP contribution is -2.48.